The average molecular weight is 397 g/mol. The molecule has 0 radical (unpaired) electrons. The van der Waals surface area contributed by atoms with Crippen LogP contribution in [0.25, 0.3) is 0 Å². The zero-order chi connectivity index (χ0) is 20.0. The number of hydrogen-bond donors (Lipinski definition) is 1. The normalized spacial score (nSPS) is 31.4. The number of alkyl halides is 7. The van der Waals surface area contributed by atoms with Gasteiger partial charge in [0.2, 0.25) is 5.91 Å². The summed E-state index contributed by atoms with van der Waals surface area (Å²) in [7, 11) is 0. The van der Waals surface area contributed by atoms with Gasteiger partial charge in [-0.15, -0.1) is 0 Å². The third kappa shape index (κ3) is 3.78. The minimum absolute atomic E-state index is 0.128. The molecule has 2 saturated carbocycles. The van der Waals surface area contributed by atoms with Gasteiger partial charge in [0.05, 0.1) is 5.56 Å². The van der Waals surface area contributed by atoms with Crippen molar-refractivity contribution in [2.75, 3.05) is 0 Å². The molecule has 9 heteroatoms. The Kier molecular flexibility index (Phi) is 4.93. The number of amides is 1. The van der Waals surface area contributed by atoms with Crippen LogP contribution in [0, 0.1) is 5.41 Å². The van der Waals surface area contributed by atoms with Crippen molar-refractivity contribution in [2.24, 2.45) is 5.41 Å². The fraction of sp³-hybridized carbons (Fsp3) is 0.611. The van der Waals surface area contributed by atoms with Crippen molar-refractivity contribution < 1.29 is 35.5 Å². The van der Waals surface area contributed by atoms with Gasteiger partial charge >= 0.3 is 12.4 Å². The van der Waals surface area contributed by atoms with E-state index in [1.54, 1.807) is 0 Å². The van der Waals surface area contributed by atoms with Crippen molar-refractivity contribution in [3.63, 3.8) is 0 Å². The predicted molar refractivity (Wildman–Crippen MR) is 82.6 cm³/mol. The highest BCUT2D eigenvalue weighted by Gasteiger charge is 2.63. The molecule has 2 atom stereocenters. The van der Waals surface area contributed by atoms with Crippen LogP contribution in [0.4, 0.5) is 30.7 Å². The second kappa shape index (κ2) is 6.67. The molecule has 0 aliphatic heterocycles. The fourth-order valence-electron chi connectivity index (χ4n) is 3.85. The summed E-state index contributed by atoms with van der Waals surface area (Å²) >= 11 is 0. The first-order valence-corrected chi connectivity index (χ1v) is 8.61. The molecule has 1 aromatic carbocycles. The molecular formula is C18H18F7NO. The highest BCUT2D eigenvalue weighted by Crippen LogP contribution is 2.52. The van der Waals surface area contributed by atoms with Gasteiger partial charge in [0.15, 0.2) is 0 Å². The standard InChI is InChI=1S/C18H18F7NO/c19-13-5-6-16(9-13,18(23,24)25)15(27)26-14-7-11(8-14)10-1-3-12(4-2-10)17(20,21)22/h1-4,11,13-14H,5-9H2,(H,26,27)/t11?,13-,14?,16?/m0/s1. The highest BCUT2D eigenvalue weighted by atomic mass is 19.4. The van der Waals surface area contributed by atoms with E-state index in [1.807, 2.05) is 0 Å². The maximum Gasteiger partial charge on any atom is 0.416 e. The Morgan fingerprint density at radius 1 is 1.04 bits per heavy atom. The first kappa shape index (κ1) is 19.9. The Bertz CT molecular complexity index is 691. The smallest absolute Gasteiger partial charge is 0.353 e. The van der Waals surface area contributed by atoms with Crippen LogP contribution in [-0.4, -0.2) is 24.3 Å². The number of nitrogens with one attached hydrogen (secondary N) is 1. The first-order chi connectivity index (χ1) is 12.4. The lowest BCUT2D eigenvalue weighted by molar-refractivity contribution is -0.221. The van der Waals surface area contributed by atoms with Crippen LogP contribution in [0.15, 0.2) is 24.3 Å². The van der Waals surface area contributed by atoms with Crippen LogP contribution in [-0.2, 0) is 11.0 Å². The summed E-state index contributed by atoms with van der Waals surface area (Å²) < 4.78 is 91.2. The van der Waals surface area contributed by atoms with Gasteiger partial charge in [-0.2, -0.15) is 26.3 Å². The molecule has 3 rings (SSSR count). The summed E-state index contributed by atoms with van der Waals surface area (Å²) in [5.74, 6) is -1.33. The third-order valence-electron chi connectivity index (χ3n) is 5.61. The van der Waals surface area contributed by atoms with Gasteiger partial charge in [0.25, 0.3) is 0 Å². The molecule has 2 nitrogen and oxygen atoms in total. The van der Waals surface area contributed by atoms with Gasteiger partial charge in [-0.05, 0) is 49.3 Å². The summed E-state index contributed by atoms with van der Waals surface area (Å²) in [6, 6.07) is 4.10. The zero-order valence-corrected chi connectivity index (χ0v) is 14.1. The maximum absolute atomic E-state index is 13.4. The van der Waals surface area contributed by atoms with Gasteiger partial charge in [0, 0.05) is 12.5 Å². The molecule has 0 saturated heterocycles. The molecule has 0 bridgehead atoms. The van der Waals surface area contributed by atoms with Crippen LogP contribution < -0.4 is 5.32 Å². The molecule has 2 aliphatic carbocycles. The molecule has 0 spiro atoms. The van der Waals surface area contributed by atoms with Gasteiger partial charge in [-0.25, -0.2) is 4.39 Å². The number of carbonyl (C=O) groups excluding carboxylic acids is 1. The van der Waals surface area contributed by atoms with Crippen molar-refractivity contribution >= 4 is 5.91 Å². The lowest BCUT2D eigenvalue weighted by atomic mass is 9.74. The van der Waals surface area contributed by atoms with Crippen LogP contribution in [0.3, 0.4) is 0 Å². The number of halogens is 7. The number of rotatable bonds is 3. The molecule has 2 fully saturated rings. The Balaban J connectivity index is 1.59. The van der Waals surface area contributed by atoms with Crippen LogP contribution in [0.2, 0.25) is 0 Å². The van der Waals surface area contributed by atoms with E-state index in [9.17, 15) is 35.5 Å². The molecule has 27 heavy (non-hydrogen) atoms. The lowest BCUT2D eigenvalue weighted by Gasteiger charge is -2.39. The topological polar surface area (TPSA) is 29.1 Å². The summed E-state index contributed by atoms with van der Waals surface area (Å²) in [4.78, 5) is 12.2. The molecule has 0 aromatic heterocycles. The molecule has 0 heterocycles. The van der Waals surface area contributed by atoms with Crippen LogP contribution >= 0.6 is 0 Å². The monoisotopic (exact) mass is 397 g/mol. The Morgan fingerprint density at radius 2 is 1.63 bits per heavy atom. The van der Waals surface area contributed by atoms with Gasteiger partial charge in [-0.1, -0.05) is 12.1 Å². The predicted octanol–water partition coefficient (Wildman–Crippen LogP) is 5.14. The molecule has 1 amide bonds. The van der Waals surface area contributed by atoms with Gasteiger partial charge in [-0.3, -0.25) is 4.79 Å². The largest absolute Gasteiger partial charge is 0.416 e. The molecule has 1 aromatic rings. The molecular weight excluding hydrogens is 379 g/mol. The van der Waals surface area contributed by atoms with Crippen molar-refractivity contribution in [3.8, 4) is 0 Å². The summed E-state index contributed by atoms with van der Waals surface area (Å²) in [5.41, 5.74) is -2.82. The van der Waals surface area contributed by atoms with E-state index in [-0.39, 0.29) is 12.3 Å². The minimum atomic E-state index is -4.82. The molecule has 1 unspecified atom stereocenters. The number of benzene rings is 1. The van der Waals surface area contributed by atoms with Crippen molar-refractivity contribution in [3.05, 3.63) is 35.4 Å². The quantitative estimate of drug-likeness (QED) is 0.704. The number of hydrogen-bond acceptors (Lipinski definition) is 1. The average Bonchev–Trinajstić information content (AvgIpc) is 2.93. The number of carbonyl (C=O) groups is 1. The van der Waals surface area contributed by atoms with E-state index in [0.29, 0.717) is 18.4 Å². The Morgan fingerprint density at radius 3 is 2.07 bits per heavy atom. The molecule has 150 valence electrons. The summed E-state index contributed by atoms with van der Waals surface area (Å²) in [6.45, 7) is 0. The van der Waals surface area contributed by atoms with E-state index in [1.165, 1.54) is 12.1 Å². The molecule has 1 N–H and O–H groups in total. The SMILES string of the molecule is O=C(NC1CC(c2ccc(C(F)(F)F)cc2)C1)C1(C(F)(F)F)CC[C@H](F)C1. The van der Waals surface area contributed by atoms with Crippen molar-refractivity contribution in [2.45, 2.75) is 62.6 Å². The van der Waals surface area contributed by atoms with E-state index in [4.69, 9.17) is 0 Å². The van der Waals surface area contributed by atoms with Gasteiger partial charge in [0.1, 0.15) is 11.6 Å². The van der Waals surface area contributed by atoms with E-state index < -0.39 is 54.3 Å². The van der Waals surface area contributed by atoms with Crippen molar-refractivity contribution in [1.82, 2.24) is 5.32 Å². The second-order valence-electron chi connectivity index (χ2n) is 7.38. The second-order valence-corrected chi connectivity index (χ2v) is 7.38. The Labute approximate surface area is 151 Å². The highest BCUT2D eigenvalue weighted by molar-refractivity contribution is 5.84. The van der Waals surface area contributed by atoms with Crippen molar-refractivity contribution in [1.29, 1.82) is 0 Å². The fourth-order valence-corrected chi connectivity index (χ4v) is 3.85. The van der Waals surface area contributed by atoms with E-state index >= 15 is 0 Å². The lowest BCUT2D eigenvalue weighted by Crippen LogP contribution is -2.54. The molecule has 2 aliphatic rings. The first-order valence-electron chi connectivity index (χ1n) is 8.61. The van der Waals surface area contributed by atoms with Crippen LogP contribution in [0.5, 0.6) is 0 Å². The van der Waals surface area contributed by atoms with E-state index in [0.717, 1.165) is 12.1 Å². The van der Waals surface area contributed by atoms with Gasteiger partial charge < -0.3 is 5.32 Å². The van der Waals surface area contributed by atoms with Crippen LogP contribution in [0.1, 0.15) is 49.1 Å². The van der Waals surface area contributed by atoms with E-state index in [2.05, 4.69) is 5.32 Å². The summed E-state index contributed by atoms with van der Waals surface area (Å²) in [5, 5.41) is 2.36. The Hall–Kier alpha value is -1.80. The minimum Gasteiger partial charge on any atom is -0.353 e. The maximum atomic E-state index is 13.4. The zero-order valence-electron chi connectivity index (χ0n) is 14.1. The summed E-state index contributed by atoms with van der Waals surface area (Å²) in [6.07, 6.45) is -12.0. The third-order valence-corrected chi connectivity index (χ3v) is 5.61.